The molecule has 6 nitrogen and oxygen atoms in total. The topological polar surface area (TPSA) is 73.9 Å². The summed E-state index contributed by atoms with van der Waals surface area (Å²) >= 11 is 1.85. The number of anilines is 1. The summed E-state index contributed by atoms with van der Waals surface area (Å²) in [6, 6.07) is 12.6. The van der Waals surface area contributed by atoms with E-state index in [0.717, 1.165) is 30.2 Å². The van der Waals surface area contributed by atoms with Gasteiger partial charge in [0.25, 0.3) is 5.56 Å². The average Bonchev–Trinajstić information content (AvgIpc) is 2.71. The van der Waals surface area contributed by atoms with Crippen molar-refractivity contribution in [2.45, 2.75) is 18.7 Å². The van der Waals surface area contributed by atoms with Crippen molar-refractivity contribution >= 4 is 17.7 Å². The van der Waals surface area contributed by atoms with Gasteiger partial charge in [0.05, 0.1) is 0 Å². The molecule has 1 aromatic carbocycles. The van der Waals surface area contributed by atoms with Gasteiger partial charge in [-0.3, -0.25) is 14.8 Å². The Kier molecular flexibility index (Phi) is 7.84. The van der Waals surface area contributed by atoms with Crippen LogP contribution in [0.25, 0.3) is 0 Å². The van der Waals surface area contributed by atoms with Crippen LogP contribution in [-0.4, -0.2) is 46.2 Å². The van der Waals surface area contributed by atoms with Crippen LogP contribution in [0.15, 0.2) is 59.8 Å². The SMILES string of the molecule is CN(C)Cc1ccc(CSCCNc2ncc(Cc3cccnc3)c(=O)[nH]2)cc1. The number of aromatic nitrogens is 3. The zero-order valence-corrected chi connectivity index (χ0v) is 17.7. The van der Waals surface area contributed by atoms with Crippen molar-refractivity contribution in [2.24, 2.45) is 0 Å². The molecular formula is C22H27N5OS. The van der Waals surface area contributed by atoms with Crippen molar-refractivity contribution in [3.63, 3.8) is 0 Å². The number of aromatic amines is 1. The predicted octanol–water partition coefficient (Wildman–Crippen LogP) is 3.16. The number of rotatable bonds is 10. The van der Waals surface area contributed by atoms with Crippen LogP contribution in [0.4, 0.5) is 5.95 Å². The summed E-state index contributed by atoms with van der Waals surface area (Å²) in [6.07, 6.45) is 5.64. The van der Waals surface area contributed by atoms with E-state index in [4.69, 9.17) is 0 Å². The Bertz CT molecular complexity index is 941. The van der Waals surface area contributed by atoms with Gasteiger partial charge >= 0.3 is 0 Å². The molecule has 2 aromatic heterocycles. The minimum absolute atomic E-state index is 0.114. The molecule has 3 aromatic rings. The summed E-state index contributed by atoms with van der Waals surface area (Å²) in [5.41, 5.74) is 4.16. The van der Waals surface area contributed by atoms with Gasteiger partial charge in [0.2, 0.25) is 5.95 Å². The zero-order valence-electron chi connectivity index (χ0n) is 16.9. The highest BCUT2D eigenvalue weighted by Gasteiger charge is 2.04. The first-order valence-corrected chi connectivity index (χ1v) is 10.8. The summed E-state index contributed by atoms with van der Waals surface area (Å²) < 4.78 is 0. The van der Waals surface area contributed by atoms with Gasteiger partial charge in [-0.15, -0.1) is 0 Å². The van der Waals surface area contributed by atoms with Gasteiger partial charge in [-0.25, -0.2) is 4.98 Å². The maximum absolute atomic E-state index is 12.2. The van der Waals surface area contributed by atoms with E-state index in [9.17, 15) is 4.79 Å². The van der Waals surface area contributed by atoms with Crippen LogP contribution in [0, 0.1) is 0 Å². The quantitative estimate of drug-likeness (QED) is 0.501. The lowest BCUT2D eigenvalue weighted by molar-refractivity contribution is 0.402. The molecule has 7 heteroatoms. The summed E-state index contributed by atoms with van der Waals surface area (Å²) in [7, 11) is 4.15. The highest BCUT2D eigenvalue weighted by atomic mass is 32.2. The van der Waals surface area contributed by atoms with E-state index in [-0.39, 0.29) is 5.56 Å². The zero-order chi connectivity index (χ0) is 20.5. The van der Waals surface area contributed by atoms with E-state index in [1.807, 2.05) is 23.9 Å². The van der Waals surface area contributed by atoms with Gasteiger partial charge < -0.3 is 10.2 Å². The van der Waals surface area contributed by atoms with Crippen LogP contribution in [0.2, 0.25) is 0 Å². The fourth-order valence-corrected chi connectivity index (χ4v) is 3.72. The monoisotopic (exact) mass is 409 g/mol. The number of H-pyrrole nitrogens is 1. The van der Waals surface area contributed by atoms with Crippen LogP contribution in [0.3, 0.4) is 0 Å². The number of hydrogen-bond donors (Lipinski definition) is 2. The minimum Gasteiger partial charge on any atom is -0.355 e. The molecule has 0 bridgehead atoms. The second-order valence-corrected chi connectivity index (χ2v) is 8.26. The van der Waals surface area contributed by atoms with Gasteiger partial charge in [0, 0.05) is 55.2 Å². The molecular weight excluding hydrogens is 382 g/mol. The molecule has 0 atom stereocenters. The van der Waals surface area contributed by atoms with Crippen LogP contribution in [0.5, 0.6) is 0 Å². The maximum Gasteiger partial charge on any atom is 0.255 e. The van der Waals surface area contributed by atoms with Gasteiger partial charge in [0.1, 0.15) is 0 Å². The predicted molar refractivity (Wildman–Crippen MR) is 120 cm³/mol. The molecule has 0 aliphatic carbocycles. The Hall–Kier alpha value is -2.64. The molecule has 29 heavy (non-hydrogen) atoms. The number of hydrogen-bond acceptors (Lipinski definition) is 6. The molecule has 2 N–H and O–H groups in total. The van der Waals surface area contributed by atoms with Crippen LogP contribution in [-0.2, 0) is 18.7 Å². The Morgan fingerprint density at radius 3 is 2.55 bits per heavy atom. The molecule has 0 amide bonds. The molecule has 0 aliphatic rings. The van der Waals surface area contributed by atoms with Crippen molar-refractivity contribution < 1.29 is 0 Å². The number of nitrogens with zero attached hydrogens (tertiary/aromatic N) is 3. The molecule has 2 heterocycles. The third kappa shape index (κ3) is 7.03. The number of pyridine rings is 1. The van der Waals surface area contributed by atoms with Gasteiger partial charge in [-0.1, -0.05) is 30.3 Å². The van der Waals surface area contributed by atoms with E-state index in [1.54, 1.807) is 18.6 Å². The van der Waals surface area contributed by atoms with Gasteiger partial charge in [-0.05, 0) is 36.9 Å². The Morgan fingerprint density at radius 2 is 1.86 bits per heavy atom. The highest BCUT2D eigenvalue weighted by molar-refractivity contribution is 7.98. The van der Waals surface area contributed by atoms with Crippen molar-refractivity contribution in [3.8, 4) is 0 Å². The molecule has 0 aliphatic heterocycles. The van der Waals surface area contributed by atoms with Crippen LogP contribution < -0.4 is 10.9 Å². The van der Waals surface area contributed by atoms with E-state index >= 15 is 0 Å². The molecule has 0 saturated heterocycles. The van der Waals surface area contributed by atoms with E-state index in [0.29, 0.717) is 17.9 Å². The molecule has 0 fully saturated rings. The van der Waals surface area contributed by atoms with Crippen LogP contribution >= 0.6 is 11.8 Å². The number of nitrogens with one attached hydrogen (secondary N) is 2. The standard InChI is InChI=1S/C22H27N5OS/c1-27(2)15-17-5-7-18(8-6-17)16-29-11-10-24-22-25-14-20(21(28)26-22)12-19-4-3-9-23-13-19/h3-9,13-14H,10-12,15-16H2,1-2H3,(H2,24,25,26,28). The lowest BCUT2D eigenvalue weighted by Crippen LogP contribution is -2.18. The first-order valence-electron chi connectivity index (χ1n) is 9.61. The summed E-state index contributed by atoms with van der Waals surface area (Å²) in [6.45, 7) is 1.71. The summed E-state index contributed by atoms with van der Waals surface area (Å²) in [5.74, 6) is 2.41. The fourth-order valence-electron chi connectivity index (χ4n) is 2.90. The average molecular weight is 410 g/mol. The van der Waals surface area contributed by atoms with E-state index in [1.165, 1.54) is 11.1 Å². The Labute approximate surface area is 175 Å². The second-order valence-electron chi connectivity index (χ2n) is 7.16. The van der Waals surface area contributed by atoms with Crippen LogP contribution in [0.1, 0.15) is 22.3 Å². The number of benzene rings is 1. The van der Waals surface area contributed by atoms with E-state index in [2.05, 4.69) is 63.5 Å². The van der Waals surface area contributed by atoms with E-state index < -0.39 is 0 Å². The summed E-state index contributed by atoms with van der Waals surface area (Å²) in [5, 5.41) is 3.19. The molecule has 152 valence electrons. The smallest absolute Gasteiger partial charge is 0.255 e. The lowest BCUT2D eigenvalue weighted by Gasteiger charge is -2.10. The minimum atomic E-state index is -0.114. The van der Waals surface area contributed by atoms with Crippen molar-refractivity contribution in [1.29, 1.82) is 0 Å². The fraction of sp³-hybridized carbons (Fsp3) is 0.318. The largest absolute Gasteiger partial charge is 0.355 e. The van der Waals surface area contributed by atoms with Gasteiger partial charge in [0.15, 0.2) is 0 Å². The maximum atomic E-state index is 12.2. The summed E-state index contributed by atoms with van der Waals surface area (Å²) in [4.78, 5) is 25.6. The third-order valence-electron chi connectivity index (χ3n) is 4.32. The lowest BCUT2D eigenvalue weighted by atomic mass is 10.1. The van der Waals surface area contributed by atoms with Gasteiger partial charge in [-0.2, -0.15) is 11.8 Å². The number of thioether (sulfide) groups is 1. The Morgan fingerprint density at radius 1 is 1.07 bits per heavy atom. The molecule has 0 unspecified atom stereocenters. The second kappa shape index (κ2) is 10.8. The van der Waals surface area contributed by atoms with Crippen molar-refractivity contribution in [2.75, 3.05) is 31.7 Å². The normalized spacial score (nSPS) is 11.0. The first-order chi connectivity index (χ1) is 14.1. The molecule has 0 saturated carbocycles. The molecule has 3 rings (SSSR count). The third-order valence-corrected chi connectivity index (χ3v) is 5.35. The Balaban J connectivity index is 1.40. The first kappa shape index (κ1) is 21.1. The highest BCUT2D eigenvalue weighted by Crippen LogP contribution is 2.14. The molecule has 0 radical (unpaired) electrons. The molecule has 0 spiro atoms. The van der Waals surface area contributed by atoms with Crippen molar-refractivity contribution in [1.82, 2.24) is 19.9 Å². The van der Waals surface area contributed by atoms with Crippen molar-refractivity contribution in [3.05, 3.63) is 87.6 Å².